The molecule has 3 nitrogen and oxygen atoms in total. The minimum absolute atomic E-state index is 0. The SMILES string of the molecule is CC(=O)C(CN)Cc1cncc2ccccc12.Cl. The Kier molecular flexibility index (Phi) is 5.25. The number of Topliss-reactive ketones (excluding diaryl/α,β-unsaturated/α-hetero) is 1. The number of carbonyl (C=O) groups excluding carboxylic acids is 1. The van der Waals surface area contributed by atoms with Crippen molar-refractivity contribution in [1.82, 2.24) is 4.98 Å². The number of fused-ring (bicyclic) bond motifs is 1. The van der Waals surface area contributed by atoms with Gasteiger partial charge < -0.3 is 5.73 Å². The van der Waals surface area contributed by atoms with Gasteiger partial charge in [-0.15, -0.1) is 12.4 Å². The fourth-order valence-corrected chi connectivity index (χ4v) is 2.00. The minimum atomic E-state index is -0.109. The number of hydrogen-bond donors (Lipinski definition) is 1. The van der Waals surface area contributed by atoms with Gasteiger partial charge >= 0.3 is 0 Å². The Morgan fingerprint density at radius 1 is 1.33 bits per heavy atom. The lowest BCUT2D eigenvalue weighted by Gasteiger charge is -2.12. The molecule has 1 unspecified atom stereocenters. The predicted octanol–water partition coefficient (Wildman–Crippen LogP) is 2.36. The number of benzene rings is 1. The summed E-state index contributed by atoms with van der Waals surface area (Å²) in [6.45, 7) is 1.98. The average molecular weight is 265 g/mol. The molecule has 0 radical (unpaired) electrons. The van der Waals surface area contributed by atoms with Crippen LogP contribution in [0.15, 0.2) is 36.7 Å². The maximum Gasteiger partial charge on any atom is 0.134 e. The quantitative estimate of drug-likeness (QED) is 0.922. The zero-order valence-corrected chi connectivity index (χ0v) is 11.1. The maximum atomic E-state index is 11.4. The number of nitrogens with zero attached hydrogens (tertiary/aromatic N) is 1. The van der Waals surface area contributed by atoms with E-state index >= 15 is 0 Å². The second-order valence-electron chi connectivity index (χ2n) is 4.27. The summed E-state index contributed by atoms with van der Waals surface area (Å²) in [5.74, 6) is 0.0306. The minimum Gasteiger partial charge on any atom is -0.330 e. The number of carbonyl (C=O) groups is 1. The molecule has 0 amide bonds. The highest BCUT2D eigenvalue weighted by molar-refractivity contribution is 5.86. The number of hydrogen-bond acceptors (Lipinski definition) is 3. The van der Waals surface area contributed by atoms with E-state index in [9.17, 15) is 4.79 Å². The molecular formula is C14H17ClN2O. The Bertz CT molecular complexity index is 537. The molecule has 0 aliphatic carbocycles. The van der Waals surface area contributed by atoms with Crippen LogP contribution >= 0.6 is 12.4 Å². The van der Waals surface area contributed by atoms with E-state index in [1.165, 1.54) is 0 Å². The molecule has 0 bridgehead atoms. The fraction of sp³-hybridized carbons (Fsp3) is 0.286. The summed E-state index contributed by atoms with van der Waals surface area (Å²) in [4.78, 5) is 15.6. The molecule has 4 heteroatoms. The highest BCUT2D eigenvalue weighted by atomic mass is 35.5. The van der Waals surface area contributed by atoms with E-state index in [0.29, 0.717) is 13.0 Å². The van der Waals surface area contributed by atoms with Gasteiger partial charge in [0.15, 0.2) is 0 Å². The molecule has 0 saturated carbocycles. The van der Waals surface area contributed by atoms with Crippen LogP contribution in [0.5, 0.6) is 0 Å². The van der Waals surface area contributed by atoms with Gasteiger partial charge in [-0.05, 0) is 24.3 Å². The molecule has 1 atom stereocenters. The van der Waals surface area contributed by atoms with Crippen LogP contribution in [0.1, 0.15) is 12.5 Å². The van der Waals surface area contributed by atoms with E-state index in [1.54, 1.807) is 6.92 Å². The zero-order valence-electron chi connectivity index (χ0n) is 10.3. The van der Waals surface area contributed by atoms with Gasteiger partial charge in [-0.1, -0.05) is 24.3 Å². The third-order valence-electron chi connectivity index (χ3n) is 3.08. The molecular weight excluding hydrogens is 248 g/mol. The van der Waals surface area contributed by atoms with Gasteiger partial charge in [-0.25, -0.2) is 0 Å². The molecule has 0 aliphatic rings. The molecule has 2 rings (SSSR count). The third-order valence-corrected chi connectivity index (χ3v) is 3.08. The molecule has 0 fully saturated rings. The highest BCUT2D eigenvalue weighted by Gasteiger charge is 2.14. The monoisotopic (exact) mass is 264 g/mol. The molecule has 1 aromatic carbocycles. The molecule has 0 spiro atoms. The Hall–Kier alpha value is -1.45. The Morgan fingerprint density at radius 2 is 2.06 bits per heavy atom. The molecule has 1 aromatic heterocycles. The van der Waals surface area contributed by atoms with E-state index in [0.717, 1.165) is 16.3 Å². The summed E-state index contributed by atoms with van der Waals surface area (Å²) >= 11 is 0. The average Bonchev–Trinajstić information content (AvgIpc) is 2.35. The molecule has 2 N–H and O–H groups in total. The van der Waals surface area contributed by atoms with E-state index in [1.807, 2.05) is 30.6 Å². The van der Waals surface area contributed by atoms with E-state index in [2.05, 4.69) is 11.1 Å². The number of pyridine rings is 1. The first kappa shape index (κ1) is 14.6. The summed E-state index contributed by atoms with van der Waals surface area (Å²) in [6, 6.07) is 8.06. The van der Waals surface area contributed by atoms with Gasteiger partial charge in [-0.3, -0.25) is 9.78 Å². The number of aromatic nitrogens is 1. The van der Waals surface area contributed by atoms with Crippen molar-refractivity contribution in [2.24, 2.45) is 11.7 Å². The number of nitrogens with two attached hydrogens (primary N) is 1. The van der Waals surface area contributed by atoms with Gasteiger partial charge in [0.25, 0.3) is 0 Å². The third kappa shape index (κ3) is 3.06. The van der Waals surface area contributed by atoms with Crippen LogP contribution in [0.3, 0.4) is 0 Å². The lowest BCUT2D eigenvalue weighted by Crippen LogP contribution is -2.23. The van der Waals surface area contributed by atoms with Gasteiger partial charge in [0.05, 0.1) is 0 Å². The fourth-order valence-electron chi connectivity index (χ4n) is 2.00. The summed E-state index contributed by atoms with van der Waals surface area (Å²) < 4.78 is 0. The van der Waals surface area contributed by atoms with Crippen LogP contribution in [-0.4, -0.2) is 17.3 Å². The summed E-state index contributed by atoms with van der Waals surface area (Å²) in [7, 11) is 0. The Morgan fingerprint density at radius 3 is 2.72 bits per heavy atom. The Balaban J connectivity index is 0.00000162. The predicted molar refractivity (Wildman–Crippen MR) is 75.9 cm³/mol. The summed E-state index contributed by atoms with van der Waals surface area (Å²) in [5.41, 5.74) is 6.72. The standard InChI is InChI=1S/C14H16N2O.ClH/c1-10(17)12(7-15)6-13-9-16-8-11-4-2-3-5-14(11)13;/h2-5,8-9,12H,6-7,15H2,1H3;1H. The molecule has 96 valence electrons. The van der Waals surface area contributed by atoms with E-state index in [4.69, 9.17) is 5.73 Å². The lowest BCUT2D eigenvalue weighted by atomic mass is 9.94. The van der Waals surface area contributed by atoms with Gasteiger partial charge in [0.2, 0.25) is 0 Å². The van der Waals surface area contributed by atoms with Crippen molar-refractivity contribution >= 4 is 29.0 Å². The maximum absolute atomic E-state index is 11.4. The van der Waals surface area contributed by atoms with Gasteiger partial charge in [-0.2, -0.15) is 0 Å². The smallest absolute Gasteiger partial charge is 0.134 e. The van der Waals surface area contributed by atoms with E-state index in [-0.39, 0.29) is 24.1 Å². The van der Waals surface area contributed by atoms with Crippen LogP contribution in [0, 0.1) is 5.92 Å². The molecule has 0 saturated heterocycles. The van der Waals surface area contributed by atoms with Crippen molar-refractivity contribution in [2.75, 3.05) is 6.54 Å². The number of rotatable bonds is 4. The lowest BCUT2D eigenvalue weighted by molar-refractivity contribution is -0.120. The van der Waals surface area contributed by atoms with Crippen LogP contribution in [0.25, 0.3) is 10.8 Å². The van der Waals surface area contributed by atoms with Crippen molar-refractivity contribution in [3.8, 4) is 0 Å². The summed E-state index contributed by atoms with van der Waals surface area (Å²) in [5, 5.41) is 2.26. The van der Waals surface area contributed by atoms with Gasteiger partial charge in [0.1, 0.15) is 5.78 Å². The number of ketones is 1. The van der Waals surface area contributed by atoms with Crippen molar-refractivity contribution in [1.29, 1.82) is 0 Å². The normalized spacial score (nSPS) is 11.9. The molecule has 2 aromatic rings. The van der Waals surface area contributed by atoms with Crippen LogP contribution in [0.2, 0.25) is 0 Å². The van der Waals surface area contributed by atoms with Crippen LogP contribution in [0.4, 0.5) is 0 Å². The topological polar surface area (TPSA) is 56.0 Å². The molecule has 18 heavy (non-hydrogen) atoms. The van der Waals surface area contributed by atoms with Crippen molar-refractivity contribution in [3.63, 3.8) is 0 Å². The van der Waals surface area contributed by atoms with Crippen LogP contribution in [-0.2, 0) is 11.2 Å². The van der Waals surface area contributed by atoms with Crippen molar-refractivity contribution < 1.29 is 4.79 Å². The first-order valence-corrected chi connectivity index (χ1v) is 5.74. The largest absolute Gasteiger partial charge is 0.330 e. The number of halogens is 1. The van der Waals surface area contributed by atoms with Gasteiger partial charge in [0, 0.05) is 30.2 Å². The zero-order chi connectivity index (χ0) is 12.3. The highest BCUT2D eigenvalue weighted by Crippen LogP contribution is 2.20. The van der Waals surface area contributed by atoms with Crippen molar-refractivity contribution in [2.45, 2.75) is 13.3 Å². The molecule has 1 heterocycles. The second-order valence-corrected chi connectivity index (χ2v) is 4.27. The summed E-state index contributed by atoms with van der Waals surface area (Å²) in [6.07, 6.45) is 4.33. The molecule has 0 aliphatic heterocycles. The van der Waals surface area contributed by atoms with Crippen molar-refractivity contribution in [3.05, 3.63) is 42.2 Å². The Labute approximate surface area is 113 Å². The van der Waals surface area contributed by atoms with E-state index < -0.39 is 0 Å². The first-order chi connectivity index (χ1) is 8.22. The van der Waals surface area contributed by atoms with Crippen LogP contribution < -0.4 is 5.73 Å². The second kappa shape index (κ2) is 6.47. The first-order valence-electron chi connectivity index (χ1n) is 5.74.